The molecule has 0 amide bonds. The van der Waals surface area contributed by atoms with Crippen LogP contribution in [-0.4, -0.2) is 60.1 Å². The Morgan fingerprint density at radius 3 is 1.27 bits per heavy atom. The summed E-state index contributed by atoms with van der Waals surface area (Å²) in [5.41, 5.74) is 4.08. The van der Waals surface area contributed by atoms with Crippen LogP contribution in [0.25, 0.3) is 12.2 Å². The molecule has 0 bridgehead atoms. The summed E-state index contributed by atoms with van der Waals surface area (Å²) in [6.07, 6.45) is 2.37. The number of rotatable bonds is 14. The first kappa shape index (κ1) is 24.0. The average molecular weight is 413 g/mol. The molecule has 2 aromatic carbocycles. The Morgan fingerprint density at radius 1 is 0.600 bits per heavy atom. The summed E-state index contributed by atoms with van der Waals surface area (Å²) in [5, 5.41) is 30.1. The minimum Gasteiger partial charge on any atom is -0.390 e. The molecule has 0 spiro atoms. The van der Waals surface area contributed by atoms with E-state index in [0.29, 0.717) is 12.8 Å². The fourth-order valence-corrected chi connectivity index (χ4v) is 2.97. The quantitative estimate of drug-likeness (QED) is 0.445. The van der Waals surface area contributed by atoms with E-state index in [-0.39, 0.29) is 26.4 Å². The van der Waals surface area contributed by atoms with E-state index in [1.165, 1.54) is 0 Å². The summed E-state index contributed by atoms with van der Waals surface area (Å²) in [7, 11) is 0. The summed E-state index contributed by atoms with van der Waals surface area (Å²) in [4.78, 5) is 0. The highest BCUT2D eigenvalue weighted by Gasteiger charge is 2.11. The van der Waals surface area contributed by atoms with Crippen LogP contribution >= 0.6 is 0 Å². The molecule has 0 aromatic heterocycles. The topological polar surface area (TPSA) is 79.2 Å². The van der Waals surface area contributed by atoms with Gasteiger partial charge in [-0.3, -0.25) is 0 Å². The molecule has 0 radical (unpaired) electrons. The van der Waals surface area contributed by atoms with Gasteiger partial charge in [-0.05, 0) is 22.3 Å². The molecule has 0 aliphatic carbocycles. The van der Waals surface area contributed by atoms with Gasteiger partial charge in [-0.1, -0.05) is 73.8 Å². The van der Waals surface area contributed by atoms with Gasteiger partial charge in [0.25, 0.3) is 0 Å². The zero-order chi connectivity index (χ0) is 21.8. The highest BCUT2D eigenvalue weighted by Crippen LogP contribution is 2.09. The number of aliphatic hydroxyl groups is 3. The van der Waals surface area contributed by atoms with E-state index in [4.69, 9.17) is 9.47 Å². The van der Waals surface area contributed by atoms with E-state index < -0.39 is 18.3 Å². The molecular formula is C25H32O5. The van der Waals surface area contributed by atoms with Crippen LogP contribution in [0.1, 0.15) is 22.3 Å². The Hall–Kier alpha value is -2.28. The van der Waals surface area contributed by atoms with Gasteiger partial charge in [0.2, 0.25) is 0 Å². The number of hydrogen-bond acceptors (Lipinski definition) is 5. The maximum Gasteiger partial charge on any atom is 0.101 e. The van der Waals surface area contributed by atoms with Gasteiger partial charge in [-0.15, -0.1) is 0 Å². The molecule has 2 rings (SSSR count). The lowest BCUT2D eigenvalue weighted by Gasteiger charge is -2.16. The van der Waals surface area contributed by atoms with Crippen LogP contribution in [-0.2, 0) is 22.3 Å². The van der Waals surface area contributed by atoms with Crippen molar-refractivity contribution in [2.75, 3.05) is 26.4 Å². The van der Waals surface area contributed by atoms with Crippen molar-refractivity contribution < 1.29 is 24.8 Å². The maximum absolute atomic E-state index is 10.1. The predicted molar refractivity (Wildman–Crippen MR) is 120 cm³/mol. The molecule has 0 saturated carbocycles. The first-order valence-corrected chi connectivity index (χ1v) is 10.1. The molecule has 0 aliphatic heterocycles. The molecule has 30 heavy (non-hydrogen) atoms. The second-order valence-corrected chi connectivity index (χ2v) is 7.34. The molecule has 2 unspecified atom stereocenters. The van der Waals surface area contributed by atoms with E-state index in [1.807, 2.05) is 48.5 Å². The van der Waals surface area contributed by atoms with Crippen molar-refractivity contribution in [1.29, 1.82) is 0 Å². The minimum absolute atomic E-state index is 0.0611. The fraction of sp³-hybridized carbons (Fsp3) is 0.360. The lowest BCUT2D eigenvalue weighted by molar-refractivity contribution is -0.0519. The third kappa shape index (κ3) is 9.03. The van der Waals surface area contributed by atoms with Crippen LogP contribution in [0.15, 0.2) is 61.7 Å². The van der Waals surface area contributed by atoms with Crippen molar-refractivity contribution in [3.63, 3.8) is 0 Å². The van der Waals surface area contributed by atoms with E-state index in [9.17, 15) is 15.3 Å². The van der Waals surface area contributed by atoms with Crippen LogP contribution in [0.5, 0.6) is 0 Å². The molecule has 2 aromatic rings. The third-order valence-corrected chi connectivity index (χ3v) is 4.61. The molecule has 0 fully saturated rings. The van der Waals surface area contributed by atoms with Gasteiger partial charge in [0.15, 0.2) is 0 Å². The summed E-state index contributed by atoms with van der Waals surface area (Å²) < 4.78 is 10.8. The van der Waals surface area contributed by atoms with E-state index in [1.54, 1.807) is 12.2 Å². The first-order valence-electron chi connectivity index (χ1n) is 10.1. The van der Waals surface area contributed by atoms with Gasteiger partial charge < -0.3 is 24.8 Å². The normalized spacial score (nSPS) is 14.1. The summed E-state index contributed by atoms with van der Waals surface area (Å²) in [5.74, 6) is 0. The Labute approximate surface area is 178 Å². The molecule has 2 atom stereocenters. The van der Waals surface area contributed by atoms with Crippen molar-refractivity contribution in [1.82, 2.24) is 0 Å². The number of hydrogen-bond donors (Lipinski definition) is 3. The van der Waals surface area contributed by atoms with Gasteiger partial charge in [-0.2, -0.15) is 0 Å². The highest BCUT2D eigenvalue weighted by atomic mass is 16.5. The Bertz CT molecular complexity index is 689. The summed E-state index contributed by atoms with van der Waals surface area (Å²) in [6.45, 7) is 7.81. The molecule has 5 heteroatoms. The third-order valence-electron chi connectivity index (χ3n) is 4.61. The van der Waals surface area contributed by atoms with Crippen molar-refractivity contribution in [2.24, 2.45) is 0 Å². The van der Waals surface area contributed by atoms with Crippen LogP contribution in [0.2, 0.25) is 0 Å². The second-order valence-electron chi connectivity index (χ2n) is 7.34. The largest absolute Gasteiger partial charge is 0.390 e. The first-order chi connectivity index (χ1) is 14.5. The molecule has 0 saturated heterocycles. The standard InChI is InChI=1S/C25H32O5/c1-3-19-5-9-21(10-6-19)13-23(26)15-29-17-25(28)18-30-16-24(27)14-22-11-7-20(4-2)8-12-22/h3-12,23-28H,1-2,13-18H2. The molecule has 3 N–H and O–H groups in total. The lowest BCUT2D eigenvalue weighted by Crippen LogP contribution is -2.28. The number of benzene rings is 2. The Balaban J connectivity index is 1.56. The molecule has 5 nitrogen and oxygen atoms in total. The summed E-state index contributed by atoms with van der Waals surface area (Å²) >= 11 is 0. The van der Waals surface area contributed by atoms with Gasteiger partial charge in [-0.25, -0.2) is 0 Å². The van der Waals surface area contributed by atoms with Crippen molar-refractivity contribution >= 4 is 12.2 Å². The van der Waals surface area contributed by atoms with E-state index >= 15 is 0 Å². The fourth-order valence-electron chi connectivity index (χ4n) is 2.97. The second kappa shape index (κ2) is 13.1. The van der Waals surface area contributed by atoms with Crippen molar-refractivity contribution in [3.05, 3.63) is 83.9 Å². The van der Waals surface area contributed by atoms with Gasteiger partial charge in [0.05, 0.1) is 38.6 Å². The maximum atomic E-state index is 10.1. The van der Waals surface area contributed by atoms with Crippen molar-refractivity contribution in [2.45, 2.75) is 31.2 Å². The SMILES string of the molecule is C=Cc1ccc(CC(O)COCC(O)COCC(O)Cc2ccc(C=C)cc2)cc1. The predicted octanol–water partition coefficient (Wildman–Crippen LogP) is 2.87. The Morgan fingerprint density at radius 2 is 0.933 bits per heavy atom. The van der Waals surface area contributed by atoms with Gasteiger partial charge in [0.1, 0.15) is 6.10 Å². The van der Waals surface area contributed by atoms with Crippen LogP contribution in [0.4, 0.5) is 0 Å². The van der Waals surface area contributed by atoms with Crippen LogP contribution in [0, 0.1) is 0 Å². The van der Waals surface area contributed by atoms with Crippen molar-refractivity contribution in [3.8, 4) is 0 Å². The minimum atomic E-state index is -0.817. The van der Waals surface area contributed by atoms with E-state index in [0.717, 1.165) is 22.3 Å². The summed E-state index contributed by atoms with van der Waals surface area (Å²) in [6, 6.07) is 15.6. The molecule has 162 valence electrons. The molecule has 0 heterocycles. The average Bonchev–Trinajstić information content (AvgIpc) is 2.75. The highest BCUT2D eigenvalue weighted by molar-refractivity contribution is 5.47. The molecular weight excluding hydrogens is 380 g/mol. The van der Waals surface area contributed by atoms with Gasteiger partial charge in [0, 0.05) is 12.8 Å². The smallest absolute Gasteiger partial charge is 0.101 e. The number of aliphatic hydroxyl groups excluding tert-OH is 3. The van der Waals surface area contributed by atoms with E-state index in [2.05, 4.69) is 13.2 Å². The zero-order valence-electron chi connectivity index (χ0n) is 17.3. The van der Waals surface area contributed by atoms with Crippen LogP contribution < -0.4 is 0 Å². The van der Waals surface area contributed by atoms with Gasteiger partial charge >= 0.3 is 0 Å². The monoisotopic (exact) mass is 412 g/mol. The Kier molecular flexibility index (Phi) is 10.5. The van der Waals surface area contributed by atoms with Crippen LogP contribution in [0.3, 0.4) is 0 Å². The number of ether oxygens (including phenoxy) is 2. The molecule has 0 aliphatic rings. The zero-order valence-corrected chi connectivity index (χ0v) is 17.3. The lowest BCUT2D eigenvalue weighted by atomic mass is 10.1.